The Balaban J connectivity index is 1.55. The Morgan fingerprint density at radius 1 is 1.00 bits per heavy atom. The maximum atomic E-state index is 12.7. The SMILES string of the molecule is COc1cc(/C=C(\C#N)C(=O)Nc2cc(Cl)ccc2C)ccc1OCc1c(C)ccc2ccccc12. The van der Waals surface area contributed by atoms with Gasteiger partial charge in [0.2, 0.25) is 0 Å². The van der Waals surface area contributed by atoms with E-state index >= 15 is 0 Å². The van der Waals surface area contributed by atoms with E-state index in [4.69, 9.17) is 21.1 Å². The summed E-state index contributed by atoms with van der Waals surface area (Å²) in [5, 5.41) is 15.2. The van der Waals surface area contributed by atoms with Crippen LogP contribution in [-0.4, -0.2) is 13.0 Å². The van der Waals surface area contributed by atoms with E-state index in [0.29, 0.717) is 34.4 Å². The zero-order valence-electron chi connectivity index (χ0n) is 20.3. The number of halogens is 1. The number of anilines is 1. The number of methoxy groups -OCH3 is 1. The molecule has 0 saturated heterocycles. The number of hydrogen-bond acceptors (Lipinski definition) is 4. The van der Waals surface area contributed by atoms with Crippen LogP contribution in [0.3, 0.4) is 0 Å². The first kappa shape index (κ1) is 24.8. The normalized spacial score (nSPS) is 11.1. The summed E-state index contributed by atoms with van der Waals surface area (Å²) in [7, 11) is 1.55. The first-order chi connectivity index (χ1) is 17.4. The average Bonchev–Trinajstić information content (AvgIpc) is 2.89. The molecule has 36 heavy (non-hydrogen) atoms. The molecule has 4 aromatic carbocycles. The first-order valence-electron chi connectivity index (χ1n) is 11.4. The molecule has 5 nitrogen and oxygen atoms in total. The highest BCUT2D eigenvalue weighted by molar-refractivity contribution is 6.31. The van der Waals surface area contributed by atoms with Gasteiger partial charge in [-0.15, -0.1) is 0 Å². The molecule has 0 aromatic heterocycles. The molecule has 0 atom stereocenters. The van der Waals surface area contributed by atoms with Crippen molar-refractivity contribution in [3.63, 3.8) is 0 Å². The van der Waals surface area contributed by atoms with Crippen molar-refractivity contribution in [1.82, 2.24) is 0 Å². The number of carbonyl (C=O) groups is 1. The number of aryl methyl sites for hydroxylation is 2. The molecule has 0 spiro atoms. The predicted molar refractivity (Wildman–Crippen MR) is 144 cm³/mol. The van der Waals surface area contributed by atoms with Crippen LogP contribution in [0, 0.1) is 25.2 Å². The molecule has 4 rings (SSSR count). The standard InChI is InChI=1S/C30H25ClN2O3/c1-19-8-11-22-6-4-5-7-25(22)26(19)18-36-28-13-10-21(15-29(28)35-3)14-23(17-32)30(34)33-27-16-24(31)12-9-20(27)2/h4-16H,18H2,1-3H3,(H,33,34)/b23-14+. The summed E-state index contributed by atoms with van der Waals surface area (Å²) in [5.74, 6) is 0.554. The number of nitriles is 1. The van der Waals surface area contributed by atoms with Gasteiger partial charge < -0.3 is 14.8 Å². The molecule has 0 aliphatic rings. The van der Waals surface area contributed by atoms with Crippen molar-refractivity contribution in [2.45, 2.75) is 20.5 Å². The van der Waals surface area contributed by atoms with Gasteiger partial charge in [0.15, 0.2) is 11.5 Å². The van der Waals surface area contributed by atoms with Crippen molar-refractivity contribution in [2.24, 2.45) is 0 Å². The summed E-state index contributed by atoms with van der Waals surface area (Å²) in [4.78, 5) is 12.7. The van der Waals surface area contributed by atoms with Gasteiger partial charge in [-0.1, -0.05) is 60.1 Å². The number of amides is 1. The predicted octanol–water partition coefficient (Wildman–Crippen LogP) is 7.24. The maximum Gasteiger partial charge on any atom is 0.266 e. The fraction of sp³-hybridized carbons (Fsp3) is 0.133. The lowest BCUT2D eigenvalue weighted by atomic mass is 10.0. The van der Waals surface area contributed by atoms with Crippen molar-refractivity contribution in [3.05, 3.63) is 106 Å². The monoisotopic (exact) mass is 496 g/mol. The molecule has 1 amide bonds. The lowest BCUT2D eigenvalue weighted by molar-refractivity contribution is -0.112. The van der Waals surface area contributed by atoms with E-state index in [0.717, 1.165) is 27.5 Å². The Morgan fingerprint density at radius 2 is 1.78 bits per heavy atom. The van der Waals surface area contributed by atoms with E-state index in [9.17, 15) is 10.1 Å². The fourth-order valence-electron chi connectivity index (χ4n) is 3.91. The van der Waals surface area contributed by atoms with Crippen molar-refractivity contribution in [1.29, 1.82) is 5.26 Å². The van der Waals surface area contributed by atoms with Gasteiger partial charge in [0, 0.05) is 16.3 Å². The molecule has 180 valence electrons. The van der Waals surface area contributed by atoms with E-state index in [1.54, 1.807) is 43.5 Å². The number of carbonyl (C=O) groups excluding carboxylic acids is 1. The van der Waals surface area contributed by atoms with Gasteiger partial charge in [-0.2, -0.15) is 5.26 Å². The molecule has 0 fully saturated rings. The van der Waals surface area contributed by atoms with Gasteiger partial charge in [0.1, 0.15) is 18.2 Å². The second-order valence-electron chi connectivity index (χ2n) is 8.36. The Morgan fingerprint density at radius 3 is 2.56 bits per heavy atom. The summed E-state index contributed by atoms with van der Waals surface area (Å²) in [6.07, 6.45) is 1.51. The van der Waals surface area contributed by atoms with Crippen LogP contribution in [0.4, 0.5) is 5.69 Å². The van der Waals surface area contributed by atoms with Gasteiger partial charge in [0.25, 0.3) is 5.91 Å². The van der Waals surface area contributed by atoms with E-state index in [1.165, 1.54) is 6.08 Å². The molecule has 0 heterocycles. The summed E-state index contributed by atoms with van der Waals surface area (Å²) < 4.78 is 11.7. The van der Waals surface area contributed by atoms with Crippen LogP contribution in [0.1, 0.15) is 22.3 Å². The Hall–Kier alpha value is -4.27. The number of nitrogens with zero attached hydrogens (tertiary/aromatic N) is 1. The van der Waals surface area contributed by atoms with E-state index < -0.39 is 5.91 Å². The van der Waals surface area contributed by atoms with Crippen LogP contribution < -0.4 is 14.8 Å². The molecular weight excluding hydrogens is 472 g/mol. The Labute approximate surface area is 215 Å². The highest BCUT2D eigenvalue weighted by Crippen LogP contribution is 2.31. The smallest absolute Gasteiger partial charge is 0.266 e. The minimum absolute atomic E-state index is 0.0449. The summed E-state index contributed by atoms with van der Waals surface area (Å²) >= 11 is 6.04. The minimum atomic E-state index is -0.520. The fourth-order valence-corrected chi connectivity index (χ4v) is 4.09. The molecular formula is C30H25ClN2O3. The third-order valence-corrected chi connectivity index (χ3v) is 6.19. The lowest BCUT2D eigenvalue weighted by Gasteiger charge is -2.14. The Bertz CT molecular complexity index is 1520. The van der Waals surface area contributed by atoms with Gasteiger partial charge >= 0.3 is 0 Å². The largest absolute Gasteiger partial charge is 0.493 e. The number of hydrogen-bond donors (Lipinski definition) is 1. The van der Waals surface area contributed by atoms with Crippen LogP contribution in [-0.2, 0) is 11.4 Å². The van der Waals surface area contributed by atoms with Gasteiger partial charge in [-0.3, -0.25) is 4.79 Å². The number of ether oxygens (including phenoxy) is 2. The molecule has 0 bridgehead atoms. The van der Waals surface area contributed by atoms with E-state index in [-0.39, 0.29) is 5.57 Å². The molecule has 0 radical (unpaired) electrons. The highest BCUT2D eigenvalue weighted by atomic mass is 35.5. The molecule has 4 aromatic rings. The third-order valence-electron chi connectivity index (χ3n) is 5.96. The number of fused-ring (bicyclic) bond motifs is 1. The average molecular weight is 497 g/mol. The number of nitrogens with one attached hydrogen (secondary N) is 1. The second-order valence-corrected chi connectivity index (χ2v) is 8.80. The molecule has 0 aliphatic heterocycles. The van der Waals surface area contributed by atoms with Crippen LogP contribution in [0.15, 0.2) is 78.4 Å². The van der Waals surface area contributed by atoms with Gasteiger partial charge in [-0.25, -0.2) is 0 Å². The zero-order chi connectivity index (χ0) is 25.7. The third kappa shape index (κ3) is 5.51. The van der Waals surface area contributed by atoms with Crippen LogP contribution in [0.5, 0.6) is 11.5 Å². The number of benzene rings is 4. The zero-order valence-corrected chi connectivity index (χ0v) is 21.0. The second kappa shape index (κ2) is 11.0. The summed E-state index contributed by atoms with van der Waals surface area (Å²) in [6, 6.07) is 24.9. The highest BCUT2D eigenvalue weighted by Gasteiger charge is 2.13. The van der Waals surface area contributed by atoms with Crippen LogP contribution in [0.25, 0.3) is 16.8 Å². The summed E-state index contributed by atoms with van der Waals surface area (Å²) in [5.41, 5.74) is 4.24. The van der Waals surface area contributed by atoms with Crippen molar-refractivity contribution in [2.75, 3.05) is 12.4 Å². The van der Waals surface area contributed by atoms with Crippen molar-refractivity contribution < 1.29 is 14.3 Å². The molecule has 0 unspecified atom stereocenters. The quantitative estimate of drug-likeness (QED) is 0.216. The van der Waals surface area contributed by atoms with Crippen LogP contribution in [0.2, 0.25) is 5.02 Å². The van der Waals surface area contributed by atoms with Crippen LogP contribution >= 0.6 is 11.6 Å². The maximum absolute atomic E-state index is 12.7. The topological polar surface area (TPSA) is 71.3 Å². The van der Waals surface area contributed by atoms with Crippen molar-refractivity contribution >= 4 is 40.0 Å². The van der Waals surface area contributed by atoms with Crippen molar-refractivity contribution in [3.8, 4) is 17.6 Å². The molecule has 6 heteroatoms. The van der Waals surface area contributed by atoms with E-state index in [2.05, 4.69) is 36.5 Å². The lowest BCUT2D eigenvalue weighted by Crippen LogP contribution is -2.14. The minimum Gasteiger partial charge on any atom is -0.493 e. The van der Waals surface area contributed by atoms with Gasteiger partial charge in [-0.05, 0) is 71.7 Å². The van der Waals surface area contributed by atoms with Gasteiger partial charge in [0.05, 0.1) is 7.11 Å². The Kier molecular flexibility index (Phi) is 7.58. The van der Waals surface area contributed by atoms with E-state index in [1.807, 2.05) is 25.1 Å². The molecule has 0 aliphatic carbocycles. The molecule has 0 saturated carbocycles. The number of rotatable bonds is 7. The first-order valence-corrected chi connectivity index (χ1v) is 11.7. The summed E-state index contributed by atoms with van der Waals surface area (Å²) in [6.45, 7) is 4.30. The molecule has 1 N–H and O–H groups in total.